The third kappa shape index (κ3) is 2.44. The minimum absolute atomic E-state index is 0.184. The van der Waals surface area contributed by atoms with Gasteiger partial charge in [-0.25, -0.2) is 0 Å². The maximum absolute atomic E-state index is 9.26. The first kappa shape index (κ1) is 13.1. The number of nitriles is 2. The molecule has 1 heterocycles. The van der Waals surface area contributed by atoms with Crippen LogP contribution < -0.4 is 0 Å². The number of hydrogen-bond donors (Lipinski definition) is 0. The first-order valence-corrected chi connectivity index (χ1v) is 6.60. The lowest BCUT2D eigenvalue weighted by molar-refractivity contribution is 0.239. The highest BCUT2D eigenvalue weighted by Gasteiger charge is 2.43. The molecule has 94 valence electrons. The highest BCUT2D eigenvalue weighted by molar-refractivity contribution is 8.14. The molecule has 1 aromatic carbocycles. The zero-order valence-corrected chi connectivity index (χ0v) is 11.0. The van der Waals surface area contributed by atoms with Gasteiger partial charge in [-0.15, -0.1) is 22.0 Å². The van der Waals surface area contributed by atoms with Gasteiger partial charge in [-0.2, -0.15) is 10.5 Å². The molecule has 0 aromatic heterocycles. The molecule has 0 bridgehead atoms. The number of nitrogens with zero attached hydrogens (tertiary/aromatic N) is 4. The quantitative estimate of drug-likeness (QED) is 0.825. The summed E-state index contributed by atoms with van der Waals surface area (Å²) >= 11 is 1.28. The van der Waals surface area contributed by atoms with Crippen LogP contribution in [-0.2, 0) is 4.74 Å². The van der Waals surface area contributed by atoms with Crippen LogP contribution >= 0.6 is 11.8 Å². The molecular weight excluding hydrogens is 260 g/mol. The second-order valence-corrected chi connectivity index (χ2v) is 4.87. The fraction of sp³-hybridized carbons (Fsp3) is 0.231. The molecule has 6 heteroatoms. The van der Waals surface area contributed by atoms with E-state index in [-0.39, 0.29) is 10.9 Å². The lowest BCUT2D eigenvalue weighted by Crippen LogP contribution is -2.41. The zero-order valence-electron chi connectivity index (χ0n) is 10.2. The molecule has 0 N–H and O–H groups in total. The van der Waals surface area contributed by atoms with Gasteiger partial charge in [0, 0.05) is 5.56 Å². The van der Waals surface area contributed by atoms with Gasteiger partial charge in [0.25, 0.3) is 0 Å². The third-order valence-electron chi connectivity index (χ3n) is 2.40. The van der Waals surface area contributed by atoms with Gasteiger partial charge in [-0.1, -0.05) is 25.1 Å². The fourth-order valence-corrected chi connectivity index (χ4v) is 2.21. The average molecular weight is 270 g/mol. The molecule has 0 saturated carbocycles. The summed E-state index contributed by atoms with van der Waals surface area (Å²) in [6, 6.07) is 12.8. The second-order valence-electron chi connectivity index (χ2n) is 3.62. The summed E-state index contributed by atoms with van der Waals surface area (Å²) in [6.45, 7) is 1.91. The Morgan fingerprint density at radius 1 is 1.21 bits per heavy atom. The molecule has 1 aromatic rings. The summed E-state index contributed by atoms with van der Waals surface area (Å²) in [5, 5.41) is 26.7. The predicted molar refractivity (Wildman–Crippen MR) is 73.6 cm³/mol. The fourth-order valence-electron chi connectivity index (χ4n) is 1.50. The smallest absolute Gasteiger partial charge is 0.331 e. The maximum Gasteiger partial charge on any atom is 0.331 e. The molecule has 0 radical (unpaired) electrons. The predicted octanol–water partition coefficient (Wildman–Crippen LogP) is 2.32. The summed E-state index contributed by atoms with van der Waals surface area (Å²) in [4.78, 5) is 0. The van der Waals surface area contributed by atoms with E-state index in [1.165, 1.54) is 11.8 Å². The van der Waals surface area contributed by atoms with Crippen molar-refractivity contribution in [2.75, 3.05) is 5.75 Å². The van der Waals surface area contributed by atoms with Crippen LogP contribution in [0, 0.1) is 22.7 Å². The van der Waals surface area contributed by atoms with Crippen LogP contribution in [-0.4, -0.2) is 22.3 Å². The van der Waals surface area contributed by atoms with Crippen molar-refractivity contribution in [2.24, 2.45) is 10.2 Å². The van der Waals surface area contributed by atoms with Crippen LogP contribution in [0.1, 0.15) is 12.5 Å². The van der Waals surface area contributed by atoms with Gasteiger partial charge in [-0.05, 0) is 17.9 Å². The Balaban J connectivity index is 2.43. The van der Waals surface area contributed by atoms with Crippen molar-refractivity contribution in [3.05, 3.63) is 35.9 Å². The van der Waals surface area contributed by atoms with Gasteiger partial charge in [0.15, 0.2) is 5.04 Å². The number of thioether (sulfide) groups is 1. The van der Waals surface area contributed by atoms with Crippen LogP contribution in [0.5, 0.6) is 0 Å². The third-order valence-corrected chi connectivity index (χ3v) is 3.33. The van der Waals surface area contributed by atoms with Crippen LogP contribution in [0.25, 0.3) is 0 Å². The Bertz CT molecular complexity index is 596. The first-order valence-electron chi connectivity index (χ1n) is 5.61. The molecule has 0 saturated heterocycles. The monoisotopic (exact) mass is 270 g/mol. The zero-order chi connectivity index (χ0) is 13.7. The van der Waals surface area contributed by atoms with E-state index in [9.17, 15) is 10.5 Å². The molecular formula is C13H10N4OS. The van der Waals surface area contributed by atoms with Crippen molar-refractivity contribution < 1.29 is 4.74 Å². The standard InChI is InChI=1S/C13H10N4OS/c1-2-19-12-13(8-14,9-15)18-11(16-17-12)10-6-4-3-5-7-10/h3-7H,2H2,1H3. The molecule has 0 fully saturated rings. The molecule has 19 heavy (non-hydrogen) atoms. The van der Waals surface area contributed by atoms with Crippen LogP contribution in [0.3, 0.4) is 0 Å². The minimum Gasteiger partial charge on any atom is -0.434 e. The van der Waals surface area contributed by atoms with E-state index in [1.54, 1.807) is 12.1 Å². The van der Waals surface area contributed by atoms with Crippen LogP contribution in [0.15, 0.2) is 40.5 Å². The number of ether oxygens (including phenoxy) is 1. The molecule has 0 unspecified atom stereocenters. The summed E-state index contributed by atoms with van der Waals surface area (Å²) < 4.78 is 5.50. The second kappa shape index (κ2) is 5.55. The first-order chi connectivity index (χ1) is 9.25. The Morgan fingerprint density at radius 3 is 2.47 bits per heavy atom. The highest BCUT2D eigenvalue weighted by Crippen LogP contribution is 2.26. The van der Waals surface area contributed by atoms with Gasteiger partial charge in [-0.3, -0.25) is 0 Å². The molecule has 5 nitrogen and oxygen atoms in total. The highest BCUT2D eigenvalue weighted by atomic mass is 32.2. The normalized spacial score (nSPS) is 16.4. The SMILES string of the molecule is CCSC1=NN=C(c2ccccc2)OC1(C#N)C#N. The maximum atomic E-state index is 9.26. The Morgan fingerprint density at radius 2 is 1.89 bits per heavy atom. The van der Waals surface area contributed by atoms with Crippen LogP contribution in [0.4, 0.5) is 0 Å². The van der Waals surface area contributed by atoms with E-state index in [4.69, 9.17) is 4.74 Å². The van der Waals surface area contributed by atoms with Gasteiger partial charge in [0.1, 0.15) is 12.1 Å². The summed E-state index contributed by atoms with van der Waals surface area (Å²) in [6.07, 6.45) is 0. The molecule has 0 spiro atoms. The molecule has 1 aliphatic heterocycles. The molecule has 0 amide bonds. The van der Waals surface area contributed by atoms with E-state index in [0.29, 0.717) is 11.3 Å². The van der Waals surface area contributed by atoms with E-state index in [1.807, 2.05) is 37.3 Å². The van der Waals surface area contributed by atoms with Crippen molar-refractivity contribution >= 4 is 22.7 Å². The molecule has 1 aliphatic rings. The topological polar surface area (TPSA) is 81.5 Å². The van der Waals surface area contributed by atoms with Gasteiger partial charge in [0.05, 0.1) is 0 Å². The number of hydrogen-bond acceptors (Lipinski definition) is 6. The minimum atomic E-state index is -1.70. The largest absolute Gasteiger partial charge is 0.434 e. The van der Waals surface area contributed by atoms with Gasteiger partial charge < -0.3 is 4.74 Å². The lowest BCUT2D eigenvalue weighted by Gasteiger charge is -2.24. The number of rotatable bonds is 2. The van der Waals surface area contributed by atoms with Crippen molar-refractivity contribution in [1.29, 1.82) is 10.5 Å². The van der Waals surface area contributed by atoms with Gasteiger partial charge in [0.2, 0.25) is 5.90 Å². The molecule has 2 rings (SSSR count). The van der Waals surface area contributed by atoms with Crippen molar-refractivity contribution in [1.82, 2.24) is 0 Å². The average Bonchev–Trinajstić information content (AvgIpc) is 2.49. The van der Waals surface area contributed by atoms with E-state index >= 15 is 0 Å². The summed E-state index contributed by atoms with van der Waals surface area (Å²) in [5.74, 6) is 0.868. The Hall–Kier alpha value is -2.31. The van der Waals surface area contributed by atoms with Crippen molar-refractivity contribution in [3.8, 4) is 12.1 Å². The summed E-state index contributed by atoms with van der Waals surface area (Å²) in [5.41, 5.74) is -1.02. The Kier molecular flexibility index (Phi) is 3.84. The lowest BCUT2D eigenvalue weighted by atomic mass is 10.1. The Labute approximate surface area is 115 Å². The summed E-state index contributed by atoms with van der Waals surface area (Å²) in [7, 11) is 0. The van der Waals surface area contributed by atoms with Gasteiger partial charge >= 0.3 is 5.60 Å². The molecule has 0 atom stereocenters. The van der Waals surface area contributed by atoms with Crippen molar-refractivity contribution in [3.63, 3.8) is 0 Å². The van der Waals surface area contributed by atoms with E-state index in [2.05, 4.69) is 10.2 Å². The van der Waals surface area contributed by atoms with Crippen LogP contribution in [0.2, 0.25) is 0 Å². The van der Waals surface area contributed by atoms with E-state index in [0.717, 1.165) is 0 Å². The molecule has 0 aliphatic carbocycles. The number of benzene rings is 1. The van der Waals surface area contributed by atoms with Crippen molar-refractivity contribution in [2.45, 2.75) is 12.5 Å². The van der Waals surface area contributed by atoms with E-state index < -0.39 is 5.60 Å².